The third kappa shape index (κ3) is 2.84. The summed E-state index contributed by atoms with van der Waals surface area (Å²) in [5.41, 5.74) is 8.82. The molecule has 2 aromatic heterocycles. The van der Waals surface area contributed by atoms with Gasteiger partial charge in [-0.05, 0) is 38.2 Å². The largest absolute Gasteiger partial charge is 0.365 e. The van der Waals surface area contributed by atoms with Crippen molar-refractivity contribution in [2.24, 2.45) is 12.8 Å². The van der Waals surface area contributed by atoms with E-state index < -0.39 is 5.91 Å². The lowest BCUT2D eigenvalue weighted by atomic mass is 9.86. The van der Waals surface area contributed by atoms with Gasteiger partial charge in [0.1, 0.15) is 5.00 Å². The predicted molar refractivity (Wildman–Crippen MR) is 94.5 cm³/mol. The number of hydrogen-bond donors (Lipinski definition) is 2. The predicted octanol–water partition coefficient (Wildman–Crippen LogP) is 2.51. The van der Waals surface area contributed by atoms with Crippen molar-refractivity contribution in [1.29, 1.82) is 0 Å². The third-order valence-corrected chi connectivity index (χ3v) is 5.94. The SMILES string of the molecule is CCc1sc(NC(=O)[C@@H]2CCCc3nn(C)cc32)c(C(N)=O)c1C. The van der Waals surface area contributed by atoms with Crippen LogP contribution in [0.5, 0.6) is 0 Å². The first kappa shape index (κ1) is 16.7. The molecular formula is C17H22N4O2S. The van der Waals surface area contributed by atoms with Gasteiger partial charge in [0, 0.05) is 23.7 Å². The van der Waals surface area contributed by atoms with Gasteiger partial charge in [-0.15, -0.1) is 11.3 Å². The van der Waals surface area contributed by atoms with Gasteiger partial charge in [0.05, 0.1) is 17.2 Å². The number of primary amides is 1. The molecule has 0 unspecified atom stereocenters. The van der Waals surface area contributed by atoms with Gasteiger partial charge in [0.25, 0.3) is 5.91 Å². The Labute approximate surface area is 145 Å². The number of aromatic nitrogens is 2. The first-order valence-electron chi connectivity index (χ1n) is 8.17. The van der Waals surface area contributed by atoms with Crippen molar-refractivity contribution < 1.29 is 9.59 Å². The molecule has 0 saturated heterocycles. The maximum atomic E-state index is 12.8. The Hall–Kier alpha value is -2.15. The van der Waals surface area contributed by atoms with Crippen molar-refractivity contribution in [1.82, 2.24) is 9.78 Å². The minimum atomic E-state index is -0.496. The number of nitrogens with one attached hydrogen (secondary N) is 1. The van der Waals surface area contributed by atoms with Crippen LogP contribution >= 0.6 is 11.3 Å². The second kappa shape index (κ2) is 6.39. The fraction of sp³-hybridized carbons (Fsp3) is 0.471. The topological polar surface area (TPSA) is 90.0 Å². The average molecular weight is 346 g/mol. The molecule has 1 aliphatic rings. The van der Waals surface area contributed by atoms with Gasteiger partial charge in [-0.2, -0.15) is 5.10 Å². The van der Waals surface area contributed by atoms with E-state index in [1.165, 1.54) is 11.3 Å². The van der Waals surface area contributed by atoms with Crippen LogP contribution < -0.4 is 11.1 Å². The van der Waals surface area contributed by atoms with Gasteiger partial charge in [-0.3, -0.25) is 14.3 Å². The van der Waals surface area contributed by atoms with E-state index in [1.807, 2.05) is 27.1 Å². The Morgan fingerprint density at radius 3 is 2.92 bits per heavy atom. The Morgan fingerprint density at radius 2 is 2.25 bits per heavy atom. The van der Waals surface area contributed by atoms with Crippen LogP contribution in [0.3, 0.4) is 0 Å². The first-order valence-corrected chi connectivity index (χ1v) is 8.99. The quantitative estimate of drug-likeness (QED) is 0.891. The summed E-state index contributed by atoms with van der Waals surface area (Å²) < 4.78 is 1.76. The van der Waals surface area contributed by atoms with Crippen LogP contribution in [0, 0.1) is 6.92 Å². The number of nitrogens with two attached hydrogens (primary N) is 1. The van der Waals surface area contributed by atoms with Crippen molar-refractivity contribution in [2.45, 2.75) is 45.4 Å². The van der Waals surface area contributed by atoms with Crippen LogP contribution in [0.4, 0.5) is 5.00 Å². The zero-order valence-electron chi connectivity index (χ0n) is 14.2. The zero-order chi connectivity index (χ0) is 17.4. The highest BCUT2D eigenvalue weighted by molar-refractivity contribution is 7.17. The van der Waals surface area contributed by atoms with E-state index in [9.17, 15) is 9.59 Å². The fourth-order valence-electron chi connectivity index (χ4n) is 3.42. The first-order chi connectivity index (χ1) is 11.4. The number of hydrogen-bond acceptors (Lipinski definition) is 4. The van der Waals surface area contributed by atoms with Crippen molar-refractivity contribution in [3.63, 3.8) is 0 Å². The van der Waals surface area contributed by atoms with E-state index in [0.29, 0.717) is 10.6 Å². The summed E-state index contributed by atoms with van der Waals surface area (Å²) in [4.78, 5) is 25.7. The summed E-state index contributed by atoms with van der Waals surface area (Å²) in [5, 5.41) is 7.95. The molecule has 0 aliphatic heterocycles. The molecule has 3 N–H and O–H groups in total. The second-order valence-corrected chi connectivity index (χ2v) is 7.32. The van der Waals surface area contributed by atoms with Crippen LogP contribution in [0.25, 0.3) is 0 Å². The maximum Gasteiger partial charge on any atom is 0.251 e. The normalized spacial score (nSPS) is 16.7. The molecule has 2 aromatic rings. The standard InChI is InChI=1S/C17H22N4O2S/c1-4-13-9(2)14(15(18)22)17(24-13)19-16(23)10-6-5-7-12-11(10)8-21(3)20-12/h8,10H,4-7H2,1-3H3,(H2,18,22)(H,19,23)/t10-/m1/s1. The van der Waals surface area contributed by atoms with Crippen LogP contribution in [-0.2, 0) is 24.7 Å². The molecule has 2 heterocycles. The van der Waals surface area contributed by atoms with Gasteiger partial charge in [0.2, 0.25) is 5.91 Å². The molecule has 24 heavy (non-hydrogen) atoms. The number of aryl methyl sites for hydroxylation is 3. The Morgan fingerprint density at radius 1 is 1.50 bits per heavy atom. The highest BCUT2D eigenvalue weighted by Crippen LogP contribution is 2.36. The van der Waals surface area contributed by atoms with Crippen LogP contribution in [0.1, 0.15) is 57.7 Å². The molecule has 2 amide bonds. The van der Waals surface area contributed by atoms with E-state index >= 15 is 0 Å². The lowest BCUT2D eigenvalue weighted by Crippen LogP contribution is -2.25. The molecule has 0 aromatic carbocycles. The monoisotopic (exact) mass is 346 g/mol. The number of carbonyl (C=O) groups excluding carboxylic acids is 2. The van der Waals surface area contributed by atoms with Crippen LogP contribution in [0.15, 0.2) is 6.20 Å². The Bertz CT molecular complexity index is 806. The van der Waals surface area contributed by atoms with E-state index in [4.69, 9.17) is 5.73 Å². The van der Waals surface area contributed by atoms with Crippen molar-refractivity contribution in [3.05, 3.63) is 33.5 Å². The molecule has 0 radical (unpaired) electrons. The van der Waals surface area contributed by atoms with Gasteiger partial charge in [0.15, 0.2) is 0 Å². The molecular weight excluding hydrogens is 324 g/mol. The second-order valence-electron chi connectivity index (χ2n) is 6.21. The molecule has 0 bridgehead atoms. The minimum absolute atomic E-state index is 0.0876. The lowest BCUT2D eigenvalue weighted by Gasteiger charge is -2.20. The molecule has 7 heteroatoms. The minimum Gasteiger partial charge on any atom is -0.365 e. The molecule has 0 saturated carbocycles. The molecule has 0 fully saturated rings. The van der Waals surface area contributed by atoms with Crippen LogP contribution in [-0.4, -0.2) is 21.6 Å². The van der Waals surface area contributed by atoms with Gasteiger partial charge < -0.3 is 11.1 Å². The summed E-state index contributed by atoms with van der Waals surface area (Å²) >= 11 is 1.44. The van der Waals surface area contributed by atoms with Crippen molar-refractivity contribution in [3.8, 4) is 0 Å². The third-order valence-electron chi connectivity index (χ3n) is 4.59. The summed E-state index contributed by atoms with van der Waals surface area (Å²) in [5.74, 6) is -0.810. The van der Waals surface area contributed by atoms with Gasteiger partial charge >= 0.3 is 0 Å². The van der Waals surface area contributed by atoms with Crippen molar-refractivity contribution in [2.75, 3.05) is 5.32 Å². The zero-order valence-corrected chi connectivity index (χ0v) is 15.0. The van der Waals surface area contributed by atoms with Crippen molar-refractivity contribution >= 4 is 28.2 Å². The summed E-state index contributed by atoms with van der Waals surface area (Å²) in [6, 6.07) is 0. The summed E-state index contributed by atoms with van der Waals surface area (Å²) in [6.45, 7) is 3.91. The van der Waals surface area contributed by atoms with E-state index in [-0.39, 0.29) is 11.8 Å². The molecule has 6 nitrogen and oxygen atoms in total. The number of thiophene rings is 1. The maximum absolute atomic E-state index is 12.8. The number of anilines is 1. The highest BCUT2D eigenvalue weighted by Gasteiger charge is 2.30. The number of amides is 2. The van der Waals surface area contributed by atoms with Gasteiger partial charge in [-0.1, -0.05) is 6.92 Å². The number of rotatable bonds is 4. The molecule has 0 spiro atoms. The molecule has 1 atom stereocenters. The van der Waals surface area contributed by atoms with E-state index in [1.54, 1.807) is 4.68 Å². The molecule has 3 rings (SSSR count). The smallest absolute Gasteiger partial charge is 0.251 e. The molecule has 1 aliphatic carbocycles. The summed E-state index contributed by atoms with van der Waals surface area (Å²) in [7, 11) is 1.87. The van der Waals surface area contributed by atoms with E-state index in [0.717, 1.165) is 47.4 Å². The van der Waals surface area contributed by atoms with Gasteiger partial charge in [-0.25, -0.2) is 0 Å². The van der Waals surface area contributed by atoms with E-state index in [2.05, 4.69) is 10.4 Å². The average Bonchev–Trinajstić information content (AvgIpc) is 3.05. The lowest BCUT2D eigenvalue weighted by molar-refractivity contribution is -0.117. The highest BCUT2D eigenvalue weighted by atomic mass is 32.1. The number of nitrogens with zero attached hydrogens (tertiary/aromatic N) is 2. The Kier molecular flexibility index (Phi) is 4.45. The number of fused-ring (bicyclic) bond motifs is 1. The Balaban J connectivity index is 1.90. The fourth-order valence-corrected chi connectivity index (χ4v) is 4.57. The molecule has 128 valence electrons. The van der Waals surface area contributed by atoms with Crippen LogP contribution in [0.2, 0.25) is 0 Å². The number of carbonyl (C=O) groups is 2. The summed E-state index contributed by atoms with van der Waals surface area (Å²) in [6.07, 6.45) is 5.37.